The maximum absolute atomic E-state index is 5.80. The maximum Gasteiger partial charge on any atom is 0.236 e. The Morgan fingerprint density at radius 3 is 2.68 bits per heavy atom. The highest BCUT2D eigenvalue weighted by atomic mass is 16.5. The first-order valence-corrected chi connectivity index (χ1v) is 7.43. The van der Waals surface area contributed by atoms with E-state index in [1.165, 1.54) is 16.3 Å². The second-order valence-corrected chi connectivity index (χ2v) is 5.49. The summed E-state index contributed by atoms with van der Waals surface area (Å²) in [6.45, 7) is 2.54. The van der Waals surface area contributed by atoms with E-state index in [1.807, 2.05) is 25.1 Å². The van der Waals surface area contributed by atoms with Gasteiger partial charge in [-0.2, -0.15) is 0 Å². The third kappa shape index (κ3) is 2.25. The van der Waals surface area contributed by atoms with E-state index in [2.05, 4.69) is 47.4 Å². The average molecular weight is 288 g/mol. The molecule has 0 amide bonds. The third-order valence-corrected chi connectivity index (χ3v) is 3.94. The molecule has 2 aromatic carbocycles. The normalized spacial score (nSPS) is 17.3. The van der Waals surface area contributed by atoms with Crippen LogP contribution in [0.2, 0.25) is 0 Å². The van der Waals surface area contributed by atoms with Crippen LogP contribution in [0.25, 0.3) is 10.8 Å². The summed E-state index contributed by atoms with van der Waals surface area (Å²) in [4.78, 5) is 9.24. The minimum Gasteiger partial charge on any atom is -0.474 e. The van der Waals surface area contributed by atoms with Gasteiger partial charge in [0.25, 0.3) is 0 Å². The molecule has 0 fully saturated rings. The Hall–Kier alpha value is -2.68. The van der Waals surface area contributed by atoms with Gasteiger partial charge in [0.15, 0.2) is 0 Å². The van der Waals surface area contributed by atoms with Gasteiger partial charge in [-0.15, -0.1) is 0 Å². The molecule has 22 heavy (non-hydrogen) atoms. The van der Waals surface area contributed by atoms with E-state index in [9.17, 15) is 0 Å². The number of hydrogen-bond donors (Lipinski definition) is 0. The highest BCUT2D eigenvalue weighted by Crippen LogP contribution is 2.30. The van der Waals surface area contributed by atoms with Gasteiger partial charge >= 0.3 is 0 Å². The van der Waals surface area contributed by atoms with Crippen molar-refractivity contribution in [3.05, 3.63) is 77.6 Å². The lowest BCUT2D eigenvalue weighted by Crippen LogP contribution is -2.04. The van der Waals surface area contributed by atoms with E-state index in [-0.39, 0.29) is 6.04 Å². The Morgan fingerprint density at radius 2 is 1.77 bits per heavy atom. The molecule has 108 valence electrons. The van der Waals surface area contributed by atoms with Crippen LogP contribution in [0.4, 0.5) is 0 Å². The number of aryl methyl sites for hydroxylation is 1. The zero-order valence-corrected chi connectivity index (χ0v) is 12.4. The van der Waals surface area contributed by atoms with Gasteiger partial charge in [0.1, 0.15) is 18.3 Å². The maximum atomic E-state index is 5.80. The number of hydrogen-bond acceptors (Lipinski definition) is 3. The number of nitrogens with zero attached hydrogens (tertiary/aromatic N) is 2. The van der Waals surface area contributed by atoms with Crippen molar-refractivity contribution in [1.82, 2.24) is 4.98 Å². The molecule has 0 spiro atoms. The first-order valence-electron chi connectivity index (χ1n) is 7.43. The average Bonchev–Trinajstić information content (AvgIpc) is 3.04. The summed E-state index contributed by atoms with van der Waals surface area (Å²) in [6.07, 6.45) is 0. The van der Waals surface area contributed by atoms with Gasteiger partial charge in [-0.3, -0.25) is 0 Å². The fraction of sp³-hybridized carbons (Fsp3) is 0.158. The number of aliphatic imine (C=N–C) groups is 1. The molecule has 3 aromatic rings. The summed E-state index contributed by atoms with van der Waals surface area (Å²) in [5.74, 6) is 0.640. The van der Waals surface area contributed by atoms with Crippen molar-refractivity contribution in [1.29, 1.82) is 0 Å². The molecule has 2 heterocycles. The van der Waals surface area contributed by atoms with Crippen LogP contribution in [-0.4, -0.2) is 17.5 Å². The molecular formula is C19H16N2O. The van der Waals surface area contributed by atoms with Crippen LogP contribution < -0.4 is 0 Å². The predicted molar refractivity (Wildman–Crippen MR) is 88.2 cm³/mol. The lowest BCUT2D eigenvalue weighted by Gasteiger charge is -2.09. The van der Waals surface area contributed by atoms with Crippen LogP contribution >= 0.6 is 0 Å². The summed E-state index contributed by atoms with van der Waals surface area (Å²) in [5, 5.41) is 2.47. The molecule has 0 saturated heterocycles. The molecule has 4 rings (SSSR count). The molecule has 0 unspecified atom stereocenters. The van der Waals surface area contributed by atoms with E-state index in [0.29, 0.717) is 12.5 Å². The zero-order chi connectivity index (χ0) is 14.9. The van der Waals surface area contributed by atoms with Gasteiger partial charge in [0, 0.05) is 5.69 Å². The van der Waals surface area contributed by atoms with E-state index in [4.69, 9.17) is 9.73 Å². The zero-order valence-electron chi connectivity index (χ0n) is 12.4. The minimum atomic E-state index is 0.0309. The van der Waals surface area contributed by atoms with Crippen LogP contribution in [-0.2, 0) is 4.74 Å². The second-order valence-electron chi connectivity index (χ2n) is 5.49. The quantitative estimate of drug-likeness (QED) is 0.712. The van der Waals surface area contributed by atoms with Gasteiger partial charge in [-0.25, -0.2) is 9.98 Å². The molecule has 0 N–H and O–H groups in total. The van der Waals surface area contributed by atoms with Crippen LogP contribution in [0.3, 0.4) is 0 Å². The van der Waals surface area contributed by atoms with E-state index in [1.54, 1.807) is 0 Å². The highest BCUT2D eigenvalue weighted by molar-refractivity contribution is 5.94. The van der Waals surface area contributed by atoms with Gasteiger partial charge in [0.05, 0.1) is 0 Å². The standard InChI is InChI=1S/C19H16N2O/c1-13-6-4-11-17(20-13)19-21-18(12-22-19)16-10-5-8-14-7-2-3-9-15(14)16/h2-11,18H,12H2,1H3/t18-/m0/s1. The van der Waals surface area contributed by atoms with E-state index < -0.39 is 0 Å². The Bertz CT molecular complexity index is 865. The van der Waals surface area contributed by atoms with Crippen molar-refractivity contribution >= 4 is 16.7 Å². The lowest BCUT2D eigenvalue weighted by atomic mass is 10.00. The van der Waals surface area contributed by atoms with E-state index >= 15 is 0 Å². The van der Waals surface area contributed by atoms with Crippen molar-refractivity contribution in [2.24, 2.45) is 4.99 Å². The molecule has 0 bridgehead atoms. The highest BCUT2D eigenvalue weighted by Gasteiger charge is 2.23. The number of benzene rings is 2. The summed E-state index contributed by atoms with van der Waals surface area (Å²) in [7, 11) is 0. The van der Waals surface area contributed by atoms with Crippen LogP contribution in [0.15, 0.2) is 65.7 Å². The smallest absolute Gasteiger partial charge is 0.236 e. The Kier molecular flexibility index (Phi) is 3.11. The number of aromatic nitrogens is 1. The van der Waals surface area contributed by atoms with Gasteiger partial charge in [-0.05, 0) is 35.4 Å². The van der Waals surface area contributed by atoms with Gasteiger partial charge < -0.3 is 4.74 Å². The Morgan fingerprint density at radius 1 is 0.955 bits per heavy atom. The Labute approximate surface area is 129 Å². The second kappa shape index (κ2) is 5.26. The number of rotatable bonds is 2. The summed E-state index contributed by atoms with van der Waals surface area (Å²) in [5.41, 5.74) is 2.99. The molecule has 1 aliphatic rings. The summed E-state index contributed by atoms with van der Waals surface area (Å²) in [6, 6.07) is 20.7. The van der Waals surface area contributed by atoms with Crippen molar-refractivity contribution in [2.75, 3.05) is 6.61 Å². The molecule has 3 nitrogen and oxygen atoms in total. The third-order valence-electron chi connectivity index (χ3n) is 3.94. The molecule has 1 atom stereocenters. The first kappa shape index (κ1) is 13.0. The molecule has 0 radical (unpaired) electrons. The summed E-state index contributed by atoms with van der Waals surface area (Å²) < 4.78 is 5.80. The van der Waals surface area contributed by atoms with Crippen LogP contribution in [0, 0.1) is 6.92 Å². The van der Waals surface area contributed by atoms with Crippen molar-refractivity contribution < 1.29 is 4.74 Å². The summed E-state index contributed by atoms with van der Waals surface area (Å²) >= 11 is 0. The SMILES string of the molecule is Cc1cccc(C2=N[C@H](c3cccc4ccccc34)CO2)n1. The van der Waals surface area contributed by atoms with Crippen LogP contribution in [0.1, 0.15) is 23.0 Å². The molecule has 1 aromatic heterocycles. The Balaban J connectivity index is 1.75. The predicted octanol–water partition coefficient (Wildman–Crippen LogP) is 4.06. The first-order chi connectivity index (χ1) is 10.8. The largest absolute Gasteiger partial charge is 0.474 e. The van der Waals surface area contributed by atoms with Crippen molar-refractivity contribution in [2.45, 2.75) is 13.0 Å². The molecular weight excluding hydrogens is 272 g/mol. The van der Waals surface area contributed by atoms with Gasteiger partial charge in [0.2, 0.25) is 5.90 Å². The number of pyridine rings is 1. The van der Waals surface area contributed by atoms with Crippen molar-refractivity contribution in [3.63, 3.8) is 0 Å². The molecule has 1 aliphatic heterocycles. The van der Waals surface area contributed by atoms with E-state index in [0.717, 1.165) is 11.4 Å². The molecule has 0 aliphatic carbocycles. The monoisotopic (exact) mass is 288 g/mol. The number of fused-ring (bicyclic) bond motifs is 1. The topological polar surface area (TPSA) is 34.5 Å². The van der Waals surface area contributed by atoms with Crippen LogP contribution in [0.5, 0.6) is 0 Å². The fourth-order valence-electron chi connectivity index (χ4n) is 2.88. The van der Waals surface area contributed by atoms with Crippen molar-refractivity contribution in [3.8, 4) is 0 Å². The minimum absolute atomic E-state index is 0.0309. The van der Waals surface area contributed by atoms with Gasteiger partial charge in [-0.1, -0.05) is 48.5 Å². The fourth-order valence-corrected chi connectivity index (χ4v) is 2.88. The lowest BCUT2D eigenvalue weighted by molar-refractivity contribution is 0.319. The molecule has 3 heteroatoms. The number of ether oxygens (including phenoxy) is 1. The molecule has 0 saturated carbocycles.